The van der Waals surface area contributed by atoms with Gasteiger partial charge in [-0.1, -0.05) is 171 Å². The van der Waals surface area contributed by atoms with Gasteiger partial charge in [0, 0.05) is 147 Å². The number of hydrogen-bond donors (Lipinski definition) is 3. The van der Waals surface area contributed by atoms with Crippen molar-refractivity contribution in [1.29, 1.82) is 0 Å². The molecular formula is C74H79ClN13Na2O10P. The molecule has 14 rings (SSSR count). The maximum Gasteiger partial charge on any atom is 1.00 e. The number of carboxylic acid groups (broad SMARTS) is 1. The van der Waals surface area contributed by atoms with E-state index in [1.165, 1.54) is 18.7 Å². The van der Waals surface area contributed by atoms with Crippen molar-refractivity contribution in [1.82, 2.24) is 63.8 Å². The van der Waals surface area contributed by atoms with Crippen LogP contribution in [0.3, 0.4) is 0 Å². The zero-order valence-corrected chi connectivity index (χ0v) is 61.8. The molecule has 3 N–H and O–H groups in total. The summed E-state index contributed by atoms with van der Waals surface area (Å²) in [6, 6.07) is 54.9. The predicted molar refractivity (Wildman–Crippen MR) is 374 cm³/mol. The van der Waals surface area contributed by atoms with Gasteiger partial charge in [0.05, 0.1) is 29.9 Å². The number of carbonyl (C=O) groups excluding carboxylic acids is 2. The minimum Gasteiger partial charge on any atom is -1.00 e. The molecule has 2 aliphatic rings. The largest absolute Gasteiger partial charge is 1.00 e. The standard InChI is InChI=1S/C26H27N5O.C21H17N3O2.C21H17N3O.C5H12N2.CH4.ClO2.2Na.HO4P.H/c1-29-13-15-30(16-14-29)25(32)12-9-20-7-10-21(11-8-20)23-17-27-26-24(18-28-31(26)19-23)22-5-3-2-4-6-22;25-20(26)11-8-15-6-9-16(10-7-15)18-12-22-21-19(13-23-24(21)14-18)17-4-2-1-3-5-17;25-12-4-5-16-8-10-17(11-9-16)19-13-22-21-20(14-23-24(21)15-19)18-6-2-1-3-7-18;1-7-4-2-6-3-5-7;;2-1-3;;;1-4-5(2)3;/h2-8,10-11,17-19H,9,12-16H2,1H3;1-7,9-10,12-14H,8,11H2,(H,25,26);1-3,6-15H,4-5H2;6H,2-5H2,1H3;1H4;;;;1H;/q;;;;;-1;2*+1;;-1. The number of carboxylic acids is 1. The van der Waals surface area contributed by atoms with Crippen LogP contribution in [0.25, 0.3) is 83.7 Å². The van der Waals surface area contributed by atoms with Crippen molar-refractivity contribution in [3.8, 4) is 66.8 Å². The number of benzene rings is 6. The molecule has 23 nitrogen and oxygen atoms in total. The summed E-state index contributed by atoms with van der Waals surface area (Å²) in [4.78, 5) is 63.0. The van der Waals surface area contributed by atoms with Gasteiger partial charge in [0.2, 0.25) is 5.91 Å². The second-order valence-electron chi connectivity index (χ2n) is 22.9. The van der Waals surface area contributed by atoms with Gasteiger partial charge in [0.15, 0.2) is 16.9 Å². The average molecular weight is 1420 g/mol. The Labute approximate surface area is 637 Å². The van der Waals surface area contributed by atoms with Crippen LogP contribution in [0.5, 0.6) is 0 Å². The summed E-state index contributed by atoms with van der Waals surface area (Å²) in [6.07, 6.45) is 21.4. The van der Waals surface area contributed by atoms with E-state index in [4.69, 9.17) is 29.1 Å². The van der Waals surface area contributed by atoms with E-state index in [-0.39, 0.29) is 80.3 Å². The molecular weight excluding hydrogens is 1340 g/mol. The van der Waals surface area contributed by atoms with Crippen molar-refractivity contribution in [3.05, 3.63) is 236 Å². The van der Waals surface area contributed by atoms with Crippen LogP contribution < -0.4 is 78.6 Å². The van der Waals surface area contributed by atoms with E-state index in [2.05, 4.69) is 137 Å². The van der Waals surface area contributed by atoms with Crippen molar-refractivity contribution in [2.45, 2.75) is 46.0 Å². The molecule has 0 aliphatic carbocycles. The molecule has 514 valence electrons. The topological polar surface area (TPSA) is 299 Å². The van der Waals surface area contributed by atoms with Crippen LogP contribution in [-0.4, -0.2) is 153 Å². The third-order valence-corrected chi connectivity index (χ3v) is 16.4. The Morgan fingerprint density at radius 3 is 1.15 bits per heavy atom. The molecule has 1 atom stereocenters. The van der Waals surface area contributed by atoms with Gasteiger partial charge in [0.25, 0.3) is 0 Å². The first-order chi connectivity index (χ1) is 47.8. The van der Waals surface area contributed by atoms with E-state index in [0.29, 0.717) is 19.3 Å². The van der Waals surface area contributed by atoms with Crippen LogP contribution in [0.4, 0.5) is 0 Å². The van der Waals surface area contributed by atoms with Crippen LogP contribution >= 0.6 is 8.25 Å². The molecule has 8 heterocycles. The van der Waals surface area contributed by atoms with Crippen LogP contribution in [0.1, 0.15) is 44.8 Å². The summed E-state index contributed by atoms with van der Waals surface area (Å²) in [5, 5.41) is 32.5. The molecule has 1 amide bonds. The number of rotatable bonds is 16. The number of nitrogens with one attached hydrogen (secondary N) is 1. The monoisotopic (exact) mass is 1420 g/mol. The Hall–Kier alpha value is -8.14. The SMILES string of the molecule is C.CN1CCN(C(=O)CCc2ccc(-c3cnc4c(-c5ccccc5)cnn4c3)cc2)CC1.CN1CCNCC1.O=C(O)CCc1ccc(-c2cnc3c(-c4ccccc4)cnn3c2)cc1.O=CCCc1ccc(-c2cnc3c(-c4ccccc4)cnn3c2)cc1.O=[P+]([O-])OO.[H-].[Na+].[Na+].[O-][Cl+][O-]. The Morgan fingerprint density at radius 1 is 0.515 bits per heavy atom. The maximum atomic E-state index is 12.5. The minimum atomic E-state index is -3.04. The Balaban J connectivity index is 0.000000246. The second kappa shape index (κ2) is 43.0. The number of halogens is 1. The number of carbonyl (C=O) groups is 3. The molecule has 0 spiro atoms. The number of aryl methyl sites for hydroxylation is 3. The molecule has 0 saturated carbocycles. The number of hydrogen-bond acceptors (Lipinski definition) is 18. The number of fused-ring (bicyclic) bond motifs is 3. The van der Waals surface area contributed by atoms with Gasteiger partial charge in [0.1, 0.15) is 6.29 Å². The zero-order chi connectivity index (χ0) is 69.0. The zero-order valence-electron chi connectivity index (χ0n) is 57.1. The van der Waals surface area contributed by atoms with Gasteiger partial charge in [-0.2, -0.15) is 15.3 Å². The molecule has 6 aromatic carbocycles. The number of piperazine rings is 2. The minimum absolute atomic E-state index is 0. The molecule has 6 aromatic heterocycles. The molecule has 0 bridgehead atoms. The van der Waals surface area contributed by atoms with Crippen LogP contribution in [-0.2, 0) is 42.9 Å². The first-order valence-corrected chi connectivity index (χ1v) is 33.3. The first kappa shape index (κ1) is 81.8. The number of aldehydes is 1. The maximum absolute atomic E-state index is 12.5. The third kappa shape index (κ3) is 24.5. The smallest absolute Gasteiger partial charge is 1.00 e. The van der Waals surface area contributed by atoms with E-state index in [9.17, 15) is 14.4 Å². The Kier molecular flexibility index (Phi) is 34.8. The summed E-state index contributed by atoms with van der Waals surface area (Å²) in [5.74, 6) is -0.527. The molecule has 1 unspecified atom stereocenters. The van der Waals surface area contributed by atoms with E-state index in [1.54, 1.807) is 4.52 Å². The molecule has 2 fully saturated rings. The molecule has 101 heavy (non-hydrogen) atoms. The number of aromatic nitrogens is 9. The Morgan fingerprint density at radius 2 is 0.842 bits per heavy atom. The molecule has 2 aliphatic heterocycles. The van der Waals surface area contributed by atoms with E-state index in [0.717, 1.165) is 153 Å². The van der Waals surface area contributed by atoms with E-state index < -0.39 is 25.5 Å². The van der Waals surface area contributed by atoms with Gasteiger partial charge >= 0.3 is 73.3 Å². The quantitative estimate of drug-likeness (QED) is 0.0410. The summed E-state index contributed by atoms with van der Waals surface area (Å²) in [7, 11) is 1.21. The third-order valence-electron chi connectivity index (χ3n) is 16.3. The van der Waals surface area contributed by atoms with Crippen molar-refractivity contribution >= 4 is 43.4 Å². The molecule has 12 aromatic rings. The summed E-state index contributed by atoms with van der Waals surface area (Å²) < 4.78 is 33.5. The normalized spacial score (nSPS) is 12.7. The van der Waals surface area contributed by atoms with Gasteiger partial charge in [-0.15, -0.1) is 0 Å². The number of amides is 1. The van der Waals surface area contributed by atoms with E-state index >= 15 is 0 Å². The average Bonchev–Trinajstić information content (AvgIpc) is 1.67. The fraction of sp³-hybridized carbons (Fsp3) is 0.230. The summed E-state index contributed by atoms with van der Waals surface area (Å²) in [6.45, 7) is 8.34. The van der Waals surface area contributed by atoms with Crippen molar-refractivity contribution in [2.24, 2.45) is 0 Å². The summed E-state index contributed by atoms with van der Waals surface area (Å²) in [5.41, 5.74) is 18.4. The van der Waals surface area contributed by atoms with Crippen molar-refractivity contribution < 1.29 is 120 Å². The number of aliphatic carboxylic acids is 1. The molecule has 27 heteroatoms. The summed E-state index contributed by atoms with van der Waals surface area (Å²) >= 11 is -0.417. The van der Waals surface area contributed by atoms with Crippen molar-refractivity contribution in [3.63, 3.8) is 0 Å². The van der Waals surface area contributed by atoms with Gasteiger partial charge < -0.3 is 45.6 Å². The van der Waals surface area contributed by atoms with Crippen molar-refractivity contribution in [2.75, 3.05) is 66.5 Å². The number of likely N-dealkylation sites (N-methyl/N-ethyl adjacent to an activating group) is 2. The number of nitrogens with zero attached hydrogens (tertiary/aromatic N) is 12. The fourth-order valence-corrected chi connectivity index (χ4v) is 10.8. The molecule has 2 saturated heterocycles. The van der Waals surface area contributed by atoms with E-state index in [1.807, 2.05) is 161 Å². The van der Waals surface area contributed by atoms with Crippen LogP contribution in [0, 0.1) is 11.3 Å². The van der Waals surface area contributed by atoms with Gasteiger partial charge in [-0.25, -0.2) is 33.8 Å². The fourth-order valence-electron chi connectivity index (χ4n) is 10.8. The van der Waals surface area contributed by atoms with Crippen LogP contribution in [0.2, 0.25) is 0 Å². The van der Waals surface area contributed by atoms with Gasteiger partial charge in [-0.3, -0.25) is 9.59 Å². The van der Waals surface area contributed by atoms with Crippen LogP contribution in [0.15, 0.2) is 220 Å². The first-order valence-electron chi connectivity index (χ1n) is 31.6. The Bertz CT molecular complexity index is 4480. The second-order valence-corrected chi connectivity index (χ2v) is 23.6. The molecule has 0 radical (unpaired) electrons. The predicted octanol–water partition coefficient (Wildman–Crippen LogP) is 3.44. The van der Waals surface area contributed by atoms with Gasteiger partial charge in [-0.05, 0) is 88.0 Å².